The Labute approximate surface area is 765 Å². The number of carbonyl (C=O) groups is 1. The Kier molecular flexibility index (Phi) is 33.4. The van der Waals surface area contributed by atoms with Crippen LogP contribution in [0, 0.1) is 13.8 Å². The highest BCUT2D eigenvalue weighted by atomic mass is 35.5. The molecule has 9 heterocycles. The summed E-state index contributed by atoms with van der Waals surface area (Å²) in [5.74, 6) is 8.20. The van der Waals surface area contributed by atoms with Crippen LogP contribution in [0.5, 0.6) is 28.7 Å². The summed E-state index contributed by atoms with van der Waals surface area (Å²) in [7, 11) is 4.89. The smallest absolute Gasteiger partial charge is 0.272 e. The van der Waals surface area contributed by atoms with Crippen LogP contribution in [-0.4, -0.2) is 196 Å². The molecule has 0 bridgehead atoms. The molecule has 674 valence electrons. The molecule has 6 aromatic heterocycles. The SMILES string of the molecule is C=CCc1ccc(OCCn2c(CN3CCOCC3)nc3ccccc32)c(OC)c1.CN(Cc1nc2ccccc2n1C)C(=O)c1cccc(Cl)n1.COCCN(c1nc2ccccc2s1)S(=O)(=O)c1ccccc1.COc1ccc(OCCn2c(CN3CCCCC3)nc3ccccc32)cc1.Cc1cccc(C)c1OCCn1c(CN2CCCCC2)nc2ccccc21. The van der Waals surface area contributed by atoms with Crippen LogP contribution in [0.25, 0.3) is 54.4 Å². The number of hydrogen-bond donors (Lipinski definition) is 0. The highest BCUT2D eigenvalue weighted by molar-refractivity contribution is 7.93. The number of anilines is 1. The van der Waals surface area contributed by atoms with E-state index >= 15 is 0 Å². The largest absolute Gasteiger partial charge is 0.497 e. The number of para-hydroxylation sites is 10. The summed E-state index contributed by atoms with van der Waals surface area (Å²) in [6.07, 6.45) is 10.6. The van der Waals surface area contributed by atoms with Crippen molar-refractivity contribution >= 4 is 98.3 Å². The van der Waals surface area contributed by atoms with E-state index in [1.165, 1.54) is 103 Å². The van der Waals surface area contributed by atoms with Crippen molar-refractivity contribution in [3.63, 3.8) is 0 Å². The van der Waals surface area contributed by atoms with Crippen LogP contribution >= 0.6 is 22.9 Å². The van der Waals surface area contributed by atoms with Gasteiger partial charge in [-0.1, -0.05) is 151 Å². The number of thiazole rings is 1. The normalized spacial score (nSPS) is 13.7. The number of allylic oxidation sites excluding steroid dienone is 1. The Bertz CT molecular complexity index is 6210. The van der Waals surface area contributed by atoms with Gasteiger partial charge in [-0.3, -0.25) is 19.5 Å². The molecule has 0 radical (unpaired) electrons. The van der Waals surface area contributed by atoms with E-state index in [0.29, 0.717) is 49.0 Å². The number of imidazole rings is 4. The fourth-order valence-corrected chi connectivity index (χ4v) is 19.0. The summed E-state index contributed by atoms with van der Waals surface area (Å²) >= 11 is 7.19. The molecule has 0 atom stereocenters. The summed E-state index contributed by atoms with van der Waals surface area (Å²) in [6.45, 7) is 23.9. The van der Waals surface area contributed by atoms with Gasteiger partial charge in [0, 0.05) is 34.3 Å². The number of pyridine rings is 1. The summed E-state index contributed by atoms with van der Waals surface area (Å²) < 4.78 is 76.6. The Morgan fingerprint density at radius 1 is 0.496 bits per heavy atom. The number of rotatable bonds is 31. The molecule has 0 saturated carbocycles. The number of methoxy groups -OCH3 is 3. The van der Waals surface area contributed by atoms with Crippen LogP contribution in [0.3, 0.4) is 0 Å². The second-order valence-electron chi connectivity index (χ2n) is 31.9. The minimum absolute atomic E-state index is 0.186. The third-order valence-corrected chi connectivity index (χ3v) is 26.1. The molecule has 18 rings (SSSR count). The first-order valence-corrected chi connectivity index (χ1v) is 46.8. The van der Waals surface area contributed by atoms with Gasteiger partial charge in [0.05, 0.1) is 146 Å². The molecule has 0 aliphatic carbocycles. The molecule has 3 fully saturated rings. The lowest BCUT2D eigenvalue weighted by Crippen LogP contribution is -2.36. The van der Waals surface area contributed by atoms with Crippen LogP contribution in [0.2, 0.25) is 5.15 Å². The molecule has 3 saturated heterocycles. The predicted octanol–water partition coefficient (Wildman–Crippen LogP) is 18.5. The number of aromatic nitrogens is 10. The molecule has 1 amide bonds. The van der Waals surface area contributed by atoms with E-state index < -0.39 is 10.0 Å². The van der Waals surface area contributed by atoms with E-state index in [1.54, 1.807) is 81.8 Å². The molecule has 3 aliphatic heterocycles. The minimum atomic E-state index is -3.67. The second kappa shape index (κ2) is 46.3. The average molecular weight is 1800 g/mol. The molecule has 129 heavy (non-hydrogen) atoms. The van der Waals surface area contributed by atoms with Gasteiger partial charge < -0.3 is 56.3 Å². The number of halogens is 1. The number of carbonyl (C=O) groups excluding carboxylic acids is 1. The van der Waals surface area contributed by atoms with Gasteiger partial charge in [0.2, 0.25) is 5.13 Å². The van der Waals surface area contributed by atoms with Gasteiger partial charge in [0.25, 0.3) is 15.9 Å². The maximum absolute atomic E-state index is 13.0. The third-order valence-electron chi connectivity index (χ3n) is 23.0. The van der Waals surface area contributed by atoms with Gasteiger partial charge in [-0.2, -0.15) is 0 Å². The topological polar surface area (TPSA) is 229 Å². The second-order valence-corrected chi connectivity index (χ2v) is 35.2. The monoisotopic (exact) mass is 1800 g/mol. The van der Waals surface area contributed by atoms with Crippen molar-refractivity contribution in [3.8, 4) is 28.7 Å². The van der Waals surface area contributed by atoms with Gasteiger partial charge >= 0.3 is 0 Å². The number of benzene rings is 9. The van der Waals surface area contributed by atoms with Crippen molar-refractivity contribution in [2.75, 3.05) is 118 Å². The third kappa shape index (κ3) is 24.7. The van der Waals surface area contributed by atoms with Crippen molar-refractivity contribution in [2.45, 2.75) is 110 Å². The van der Waals surface area contributed by atoms with Crippen molar-refractivity contribution in [1.29, 1.82) is 0 Å². The Balaban J connectivity index is 0.000000131. The number of hydrogen-bond acceptors (Lipinski definition) is 20. The number of nitrogens with zero attached hydrogens (tertiary/aromatic N) is 15. The highest BCUT2D eigenvalue weighted by Gasteiger charge is 2.29. The summed E-state index contributed by atoms with van der Waals surface area (Å²) in [5, 5.41) is 0.758. The maximum atomic E-state index is 13.0. The van der Waals surface area contributed by atoms with E-state index in [4.69, 9.17) is 59.7 Å². The highest BCUT2D eigenvalue weighted by Crippen LogP contribution is 2.34. The van der Waals surface area contributed by atoms with Crippen LogP contribution in [-0.2, 0) is 78.8 Å². The standard InChI is InChI=1S/C24H29N3O3.C23H29N3O.C22H27N3O2.C16H15ClN4O.C16H16N2O3S2/c1-3-6-19-9-10-22(23(17-19)28-2)30-16-13-27-21-8-5-4-7-20(21)25-24(27)18-26-11-14-29-15-12-26;1-18-9-8-10-19(2)23(18)27-16-15-26-21-12-5-4-11-20(21)24-22(26)17-25-13-6-3-7-14-25;1-26-18-9-11-19(12-10-18)27-16-15-25-21-8-4-3-7-20(21)23-22(25)17-24-13-5-2-6-14-24;1-20(16(22)12-7-5-9-14(17)18-12)10-15-19-11-6-3-4-8-13(11)21(15)2;1-21-12-11-18(23(19,20)13-7-3-2-4-8-13)16-17-14-9-5-6-10-15(14)22-16/h3-5,7-10,17H,1,6,11-16,18H2,2H3;4-5,8-12H,3,6-7,13-17H2,1-2H3;3-4,7-12H,2,5-6,13-17H2,1H3;3-9H,10H2,1-2H3;2-10H,11-12H2,1H3. The van der Waals surface area contributed by atoms with Gasteiger partial charge in [-0.25, -0.2) is 42.6 Å². The zero-order valence-corrected chi connectivity index (χ0v) is 77.2. The van der Waals surface area contributed by atoms with Crippen LogP contribution in [0.1, 0.15) is 89.0 Å². The molecule has 0 spiro atoms. The lowest BCUT2D eigenvalue weighted by atomic mass is 10.1. The fraction of sp³-hybridized carbons (Fsp3) is 0.337. The van der Waals surface area contributed by atoms with E-state index in [-0.39, 0.29) is 17.3 Å². The first-order chi connectivity index (χ1) is 63.0. The van der Waals surface area contributed by atoms with E-state index in [1.807, 2.05) is 109 Å². The molecular formula is C101H116ClN15O10S2. The maximum Gasteiger partial charge on any atom is 0.272 e. The van der Waals surface area contributed by atoms with Crippen molar-refractivity contribution in [2.24, 2.45) is 7.05 Å². The van der Waals surface area contributed by atoms with Gasteiger partial charge in [0.1, 0.15) is 71.2 Å². The summed E-state index contributed by atoms with van der Waals surface area (Å²) in [4.78, 5) is 49.5. The van der Waals surface area contributed by atoms with Gasteiger partial charge in [0.15, 0.2) is 11.5 Å². The van der Waals surface area contributed by atoms with E-state index in [0.717, 1.165) is 173 Å². The Morgan fingerprint density at radius 2 is 0.984 bits per heavy atom. The quantitative estimate of drug-likeness (QED) is 0.0290. The lowest BCUT2D eigenvalue weighted by Gasteiger charge is -2.26. The van der Waals surface area contributed by atoms with Crippen LogP contribution in [0.15, 0.2) is 248 Å². The summed E-state index contributed by atoms with van der Waals surface area (Å²) in [5.41, 5.74) is 13.3. The van der Waals surface area contributed by atoms with Gasteiger partial charge in [-0.15, -0.1) is 6.58 Å². The number of morpholine rings is 1. The molecule has 3 aliphatic rings. The average Bonchev–Trinajstić information content (AvgIpc) is 1.70. The van der Waals surface area contributed by atoms with Gasteiger partial charge in [-0.05, 0) is 210 Å². The fourth-order valence-electron chi connectivity index (χ4n) is 16.2. The molecule has 0 unspecified atom stereocenters. The number of amides is 1. The first kappa shape index (κ1) is 93.1. The summed E-state index contributed by atoms with van der Waals surface area (Å²) in [6, 6.07) is 74.0. The van der Waals surface area contributed by atoms with Crippen molar-refractivity contribution in [3.05, 3.63) is 294 Å². The first-order valence-electron chi connectivity index (χ1n) is 44.2. The number of ether oxygens (including phenoxy) is 7. The zero-order chi connectivity index (χ0) is 89.9. The lowest BCUT2D eigenvalue weighted by molar-refractivity contribution is 0.0326. The molecule has 0 N–H and O–H groups in total. The number of fused-ring (bicyclic) bond motifs is 5. The number of sulfonamides is 1. The Morgan fingerprint density at radius 3 is 1.51 bits per heavy atom. The number of piperidine rings is 2. The van der Waals surface area contributed by atoms with Crippen LogP contribution < -0.4 is 28.0 Å². The van der Waals surface area contributed by atoms with E-state index in [9.17, 15) is 13.2 Å². The van der Waals surface area contributed by atoms with E-state index in [2.05, 4.69) is 155 Å². The van der Waals surface area contributed by atoms with Crippen molar-refractivity contribution in [1.82, 2.24) is 67.8 Å². The molecule has 28 heteroatoms. The minimum Gasteiger partial charge on any atom is -0.497 e. The Hall–Kier alpha value is -12.1. The zero-order valence-electron chi connectivity index (χ0n) is 74.8. The van der Waals surface area contributed by atoms with Crippen LogP contribution in [0.4, 0.5) is 5.13 Å². The molecular weight excluding hydrogens is 1680 g/mol. The number of aryl methyl sites for hydroxylation is 3. The van der Waals surface area contributed by atoms with Crippen molar-refractivity contribution < 1.29 is 46.4 Å². The molecule has 25 nitrogen and oxygen atoms in total. The molecule has 9 aromatic carbocycles. The number of likely N-dealkylation sites (tertiary alicyclic amines) is 2. The molecule has 15 aromatic rings. The predicted molar refractivity (Wildman–Crippen MR) is 514 cm³/mol.